The van der Waals surface area contributed by atoms with E-state index in [1.165, 1.54) is 18.2 Å². The van der Waals surface area contributed by atoms with Crippen molar-refractivity contribution >= 4 is 28.3 Å². The Labute approximate surface area is 120 Å². The van der Waals surface area contributed by atoms with E-state index in [2.05, 4.69) is 5.32 Å². The molecule has 0 radical (unpaired) electrons. The summed E-state index contributed by atoms with van der Waals surface area (Å²) in [5.41, 5.74) is 7.77. The fourth-order valence-electron chi connectivity index (χ4n) is 2.15. The maximum atomic E-state index is 13.2. The first-order chi connectivity index (χ1) is 10.0. The first-order valence-electron chi connectivity index (χ1n) is 6.39. The van der Waals surface area contributed by atoms with Gasteiger partial charge in [-0.05, 0) is 43.3 Å². The van der Waals surface area contributed by atoms with Crippen LogP contribution in [0.5, 0.6) is 0 Å². The summed E-state index contributed by atoms with van der Waals surface area (Å²) >= 11 is 0. The maximum absolute atomic E-state index is 13.2. The van der Waals surface area contributed by atoms with Crippen molar-refractivity contribution in [1.82, 2.24) is 0 Å². The van der Waals surface area contributed by atoms with Crippen LogP contribution in [0.25, 0.3) is 11.0 Å². The number of fused-ring (bicyclic) bond motifs is 1. The molecule has 2 aromatic carbocycles. The maximum Gasteiger partial charge on any atom is 0.291 e. The van der Waals surface area contributed by atoms with Crippen LogP contribution in [0.4, 0.5) is 15.8 Å². The smallest absolute Gasteiger partial charge is 0.291 e. The number of nitrogens with one attached hydrogen (secondary N) is 1. The lowest BCUT2D eigenvalue weighted by Crippen LogP contribution is -2.11. The Morgan fingerprint density at radius 1 is 1.19 bits per heavy atom. The van der Waals surface area contributed by atoms with Crippen molar-refractivity contribution in [2.24, 2.45) is 0 Å². The predicted molar refractivity (Wildman–Crippen MR) is 79.7 cm³/mol. The molecule has 0 atom stereocenters. The van der Waals surface area contributed by atoms with E-state index < -0.39 is 11.7 Å². The number of anilines is 2. The van der Waals surface area contributed by atoms with Crippen molar-refractivity contribution in [1.29, 1.82) is 0 Å². The minimum atomic E-state index is -0.509. The van der Waals surface area contributed by atoms with Crippen molar-refractivity contribution in [3.63, 3.8) is 0 Å². The largest absolute Gasteiger partial charge is 0.451 e. The lowest BCUT2D eigenvalue weighted by Gasteiger charge is -2.04. The number of carbonyl (C=O) groups excluding carboxylic acids is 1. The van der Waals surface area contributed by atoms with E-state index in [-0.39, 0.29) is 17.1 Å². The number of nitrogen functional groups attached to an aromatic ring is 1. The molecule has 5 heteroatoms. The zero-order valence-corrected chi connectivity index (χ0v) is 11.3. The zero-order valence-electron chi connectivity index (χ0n) is 11.3. The minimum absolute atomic E-state index is 0.165. The molecular formula is C16H13FN2O2. The lowest BCUT2D eigenvalue weighted by atomic mass is 10.2. The molecule has 106 valence electrons. The average molecular weight is 284 g/mol. The molecule has 0 aliphatic carbocycles. The van der Waals surface area contributed by atoms with Gasteiger partial charge in [-0.3, -0.25) is 4.79 Å². The standard InChI is InChI=1S/C16H13FN2O2/c1-9-2-3-14-10(4-9)5-15(21-14)16(20)19-13-7-11(17)6-12(18)8-13/h2-8H,18H2,1H3,(H,19,20). The monoisotopic (exact) mass is 284 g/mol. The summed E-state index contributed by atoms with van der Waals surface area (Å²) in [5.74, 6) is -0.794. The Bertz CT molecular complexity index is 819. The van der Waals surface area contributed by atoms with Gasteiger partial charge in [-0.25, -0.2) is 4.39 Å². The Morgan fingerprint density at radius 2 is 2.00 bits per heavy atom. The highest BCUT2D eigenvalue weighted by molar-refractivity contribution is 6.04. The third-order valence-corrected chi connectivity index (χ3v) is 3.07. The second kappa shape index (κ2) is 4.94. The van der Waals surface area contributed by atoms with Crippen LogP contribution >= 0.6 is 0 Å². The molecule has 0 saturated carbocycles. The topological polar surface area (TPSA) is 68.3 Å². The third kappa shape index (κ3) is 2.72. The molecule has 3 aromatic rings. The molecule has 0 saturated heterocycles. The molecular weight excluding hydrogens is 271 g/mol. The second-order valence-corrected chi connectivity index (χ2v) is 4.88. The molecule has 3 rings (SSSR count). The van der Waals surface area contributed by atoms with Gasteiger partial charge < -0.3 is 15.5 Å². The van der Waals surface area contributed by atoms with E-state index in [0.717, 1.165) is 10.9 Å². The van der Waals surface area contributed by atoms with Gasteiger partial charge in [-0.2, -0.15) is 0 Å². The Balaban J connectivity index is 1.89. The number of halogens is 1. The summed E-state index contributed by atoms with van der Waals surface area (Å²) < 4.78 is 18.7. The molecule has 0 unspecified atom stereocenters. The number of benzene rings is 2. The number of furan rings is 1. The van der Waals surface area contributed by atoms with Gasteiger partial charge in [0.2, 0.25) is 0 Å². The van der Waals surface area contributed by atoms with Crippen LogP contribution in [0.3, 0.4) is 0 Å². The van der Waals surface area contributed by atoms with Crippen LogP contribution in [0.2, 0.25) is 0 Å². The van der Waals surface area contributed by atoms with E-state index in [1.54, 1.807) is 6.07 Å². The molecule has 3 N–H and O–H groups in total. The average Bonchev–Trinajstić information content (AvgIpc) is 2.80. The highest BCUT2D eigenvalue weighted by Gasteiger charge is 2.13. The van der Waals surface area contributed by atoms with Gasteiger partial charge >= 0.3 is 0 Å². The van der Waals surface area contributed by atoms with Crippen LogP contribution in [0.15, 0.2) is 46.9 Å². The summed E-state index contributed by atoms with van der Waals surface area (Å²) in [5, 5.41) is 3.41. The zero-order chi connectivity index (χ0) is 15.0. The van der Waals surface area contributed by atoms with Crippen LogP contribution in [-0.2, 0) is 0 Å². The molecule has 0 spiro atoms. The number of carbonyl (C=O) groups is 1. The van der Waals surface area contributed by atoms with E-state index in [9.17, 15) is 9.18 Å². The van der Waals surface area contributed by atoms with E-state index in [1.807, 2.05) is 25.1 Å². The fourth-order valence-corrected chi connectivity index (χ4v) is 2.15. The molecule has 0 bridgehead atoms. The number of nitrogens with two attached hydrogens (primary N) is 1. The van der Waals surface area contributed by atoms with Crippen molar-refractivity contribution in [2.45, 2.75) is 6.92 Å². The van der Waals surface area contributed by atoms with E-state index in [0.29, 0.717) is 5.58 Å². The molecule has 21 heavy (non-hydrogen) atoms. The summed E-state index contributed by atoms with van der Waals surface area (Å²) in [6, 6.07) is 11.1. The molecule has 0 aliphatic rings. The van der Waals surface area contributed by atoms with E-state index >= 15 is 0 Å². The van der Waals surface area contributed by atoms with Crippen LogP contribution < -0.4 is 11.1 Å². The Kier molecular flexibility index (Phi) is 3.10. The molecule has 4 nitrogen and oxygen atoms in total. The van der Waals surface area contributed by atoms with Gasteiger partial charge in [0.1, 0.15) is 11.4 Å². The van der Waals surface area contributed by atoms with Gasteiger partial charge in [0.25, 0.3) is 5.91 Å². The quantitative estimate of drug-likeness (QED) is 0.705. The van der Waals surface area contributed by atoms with Crippen molar-refractivity contribution in [3.8, 4) is 0 Å². The van der Waals surface area contributed by atoms with Gasteiger partial charge in [0.05, 0.1) is 0 Å². The first kappa shape index (κ1) is 13.2. The van der Waals surface area contributed by atoms with Gasteiger partial charge in [-0.15, -0.1) is 0 Å². The number of rotatable bonds is 2. The molecule has 1 aromatic heterocycles. The van der Waals surface area contributed by atoms with Crippen molar-refractivity contribution in [2.75, 3.05) is 11.1 Å². The first-order valence-corrected chi connectivity index (χ1v) is 6.39. The lowest BCUT2D eigenvalue weighted by molar-refractivity contribution is 0.0998. The van der Waals surface area contributed by atoms with Crippen LogP contribution in [-0.4, -0.2) is 5.91 Å². The third-order valence-electron chi connectivity index (χ3n) is 3.07. The summed E-state index contributed by atoms with van der Waals surface area (Å²) in [6.07, 6.45) is 0. The highest BCUT2D eigenvalue weighted by atomic mass is 19.1. The van der Waals surface area contributed by atoms with E-state index in [4.69, 9.17) is 10.2 Å². The number of aryl methyl sites for hydroxylation is 1. The Morgan fingerprint density at radius 3 is 2.76 bits per heavy atom. The molecule has 0 aliphatic heterocycles. The van der Waals surface area contributed by atoms with Crippen LogP contribution in [0.1, 0.15) is 16.1 Å². The van der Waals surface area contributed by atoms with Crippen LogP contribution in [0, 0.1) is 12.7 Å². The molecule has 0 fully saturated rings. The summed E-state index contributed by atoms with van der Waals surface area (Å²) in [7, 11) is 0. The molecule has 1 heterocycles. The van der Waals surface area contributed by atoms with Crippen molar-refractivity contribution < 1.29 is 13.6 Å². The SMILES string of the molecule is Cc1ccc2oc(C(=O)Nc3cc(N)cc(F)c3)cc2c1. The predicted octanol–water partition coefficient (Wildman–Crippen LogP) is 3.71. The van der Waals surface area contributed by atoms with Crippen molar-refractivity contribution in [3.05, 3.63) is 59.6 Å². The van der Waals surface area contributed by atoms with Gasteiger partial charge in [0, 0.05) is 16.8 Å². The second-order valence-electron chi connectivity index (χ2n) is 4.88. The number of hydrogen-bond acceptors (Lipinski definition) is 3. The number of amides is 1. The highest BCUT2D eigenvalue weighted by Crippen LogP contribution is 2.22. The fraction of sp³-hybridized carbons (Fsp3) is 0.0625. The molecule has 1 amide bonds. The summed E-state index contributed by atoms with van der Waals surface area (Å²) in [4.78, 5) is 12.1. The summed E-state index contributed by atoms with van der Waals surface area (Å²) in [6.45, 7) is 1.96. The normalized spacial score (nSPS) is 10.8. The number of hydrogen-bond donors (Lipinski definition) is 2. The van der Waals surface area contributed by atoms with Gasteiger partial charge in [0.15, 0.2) is 5.76 Å². The Hall–Kier alpha value is -2.82. The minimum Gasteiger partial charge on any atom is -0.451 e. The van der Waals surface area contributed by atoms with Gasteiger partial charge in [-0.1, -0.05) is 11.6 Å².